The zero-order valence-corrected chi connectivity index (χ0v) is 19.6. The summed E-state index contributed by atoms with van der Waals surface area (Å²) in [6.07, 6.45) is 0.914. The van der Waals surface area contributed by atoms with Gasteiger partial charge in [0.25, 0.3) is 0 Å². The number of hydrazine groups is 1. The molecule has 35 heavy (non-hydrogen) atoms. The van der Waals surface area contributed by atoms with E-state index in [0.717, 1.165) is 17.5 Å². The van der Waals surface area contributed by atoms with E-state index in [0.29, 0.717) is 16.9 Å². The lowest BCUT2D eigenvalue weighted by Gasteiger charge is -2.30. The molecule has 0 spiro atoms. The minimum absolute atomic E-state index is 0.0559. The number of para-hydroxylation sites is 3. The summed E-state index contributed by atoms with van der Waals surface area (Å²) in [4.78, 5) is 12.6. The molecule has 4 unspecified atom stereocenters. The van der Waals surface area contributed by atoms with E-state index >= 15 is 0 Å². The van der Waals surface area contributed by atoms with E-state index in [1.54, 1.807) is 27.9 Å². The van der Waals surface area contributed by atoms with Gasteiger partial charge in [0.05, 0.1) is 17.1 Å². The molecule has 3 N–H and O–H groups in total. The highest BCUT2D eigenvalue weighted by Crippen LogP contribution is 2.46. The number of hydrogen-bond donors (Lipinski definition) is 3. The fourth-order valence-corrected chi connectivity index (χ4v) is 5.28. The Hall–Kier alpha value is -4.10. The second kappa shape index (κ2) is 9.27. The molecule has 0 saturated carbocycles. The topological polar surface area (TPSA) is 90.6 Å². The maximum absolute atomic E-state index is 12.6. The van der Waals surface area contributed by atoms with Gasteiger partial charge in [0.2, 0.25) is 5.88 Å². The molecular formula is C28H28N4O3. The summed E-state index contributed by atoms with van der Waals surface area (Å²) in [5, 5.41) is 28.4. The van der Waals surface area contributed by atoms with Crippen LogP contribution < -0.4 is 10.4 Å². The lowest BCUT2D eigenvalue weighted by molar-refractivity contribution is -0.109. The Labute approximate surface area is 204 Å². The van der Waals surface area contributed by atoms with E-state index in [-0.39, 0.29) is 29.5 Å². The molecule has 2 heterocycles. The normalized spacial score (nSPS) is 20.6. The first-order valence-electron chi connectivity index (χ1n) is 11.7. The predicted octanol–water partition coefficient (Wildman–Crippen LogP) is 4.32. The molecule has 0 amide bonds. The van der Waals surface area contributed by atoms with Crippen molar-refractivity contribution in [3.05, 3.63) is 102 Å². The predicted molar refractivity (Wildman–Crippen MR) is 135 cm³/mol. The molecule has 7 nitrogen and oxygen atoms in total. The summed E-state index contributed by atoms with van der Waals surface area (Å²) in [6, 6.07) is 25.6. The van der Waals surface area contributed by atoms with Gasteiger partial charge in [-0.2, -0.15) is 5.10 Å². The van der Waals surface area contributed by atoms with Crippen LogP contribution in [-0.2, 0) is 4.79 Å². The van der Waals surface area contributed by atoms with Crippen LogP contribution in [0.5, 0.6) is 11.6 Å². The Morgan fingerprint density at radius 3 is 2.23 bits per heavy atom. The number of carbonyl (C=O) groups is 1. The number of hydrogen-bond acceptors (Lipinski definition) is 6. The van der Waals surface area contributed by atoms with Gasteiger partial charge in [-0.25, -0.2) is 10.1 Å². The van der Waals surface area contributed by atoms with Gasteiger partial charge in [-0.1, -0.05) is 60.7 Å². The Morgan fingerprint density at radius 2 is 1.57 bits per heavy atom. The van der Waals surface area contributed by atoms with Crippen LogP contribution in [0.3, 0.4) is 0 Å². The Morgan fingerprint density at radius 1 is 0.943 bits per heavy atom. The molecule has 5 rings (SSSR count). The van der Waals surface area contributed by atoms with Crippen molar-refractivity contribution >= 4 is 12.0 Å². The van der Waals surface area contributed by atoms with Crippen LogP contribution in [0.15, 0.2) is 84.9 Å². The molecular weight excluding hydrogens is 440 g/mol. The van der Waals surface area contributed by atoms with E-state index in [2.05, 4.69) is 10.5 Å². The largest absolute Gasteiger partial charge is 0.506 e. The van der Waals surface area contributed by atoms with Crippen molar-refractivity contribution in [2.45, 2.75) is 31.8 Å². The van der Waals surface area contributed by atoms with E-state index in [9.17, 15) is 15.0 Å². The third-order valence-electron chi connectivity index (χ3n) is 6.83. The number of nitrogens with one attached hydrogen (secondary N) is 1. The lowest BCUT2D eigenvalue weighted by Crippen LogP contribution is -2.40. The number of nitrogens with zero attached hydrogens (tertiary/aromatic N) is 3. The standard InChI is InChI=1S/C28H28N4O3/c1-18-25(23(17-33)32(30-18)22-15-9-10-16-24(22)34)27(20-11-5-3-6-12-20)26-19(2)29-31(28(26)35)21-13-7-4-8-14-21/h3-18,23,25,27,30,34-35H,1-2H3. The maximum atomic E-state index is 12.6. The molecule has 1 fully saturated rings. The number of aromatic nitrogens is 2. The summed E-state index contributed by atoms with van der Waals surface area (Å²) in [7, 11) is 0. The third kappa shape index (κ3) is 3.94. The maximum Gasteiger partial charge on any atom is 0.218 e. The molecule has 3 aromatic carbocycles. The van der Waals surface area contributed by atoms with E-state index in [1.807, 2.05) is 80.6 Å². The van der Waals surface area contributed by atoms with Gasteiger partial charge >= 0.3 is 0 Å². The number of carbonyl (C=O) groups excluding carboxylic acids is 1. The van der Waals surface area contributed by atoms with Crippen molar-refractivity contribution in [1.29, 1.82) is 0 Å². The van der Waals surface area contributed by atoms with Gasteiger partial charge in [-0.15, -0.1) is 0 Å². The average molecular weight is 469 g/mol. The van der Waals surface area contributed by atoms with Crippen molar-refractivity contribution in [1.82, 2.24) is 15.2 Å². The smallest absolute Gasteiger partial charge is 0.218 e. The number of phenolic OH excluding ortho intramolecular Hbond substituents is 1. The first-order valence-corrected chi connectivity index (χ1v) is 11.7. The summed E-state index contributed by atoms with van der Waals surface area (Å²) in [5.41, 5.74) is 7.04. The second-order valence-corrected chi connectivity index (χ2v) is 8.94. The van der Waals surface area contributed by atoms with Gasteiger partial charge in [0.15, 0.2) is 0 Å². The number of phenols is 1. The molecule has 4 aromatic rings. The van der Waals surface area contributed by atoms with Crippen LogP contribution in [0.25, 0.3) is 5.69 Å². The molecule has 1 aliphatic heterocycles. The van der Waals surface area contributed by atoms with Crippen LogP contribution >= 0.6 is 0 Å². The molecule has 0 aliphatic carbocycles. The third-order valence-corrected chi connectivity index (χ3v) is 6.83. The summed E-state index contributed by atoms with van der Waals surface area (Å²) < 4.78 is 1.55. The zero-order valence-electron chi connectivity index (χ0n) is 19.6. The van der Waals surface area contributed by atoms with Gasteiger partial charge in [-0.05, 0) is 43.7 Å². The molecule has 7 heteroatoms. The molecule has 1 saturated heterocycles. The highest BCUT2D eigenvalue weighted by atomic mass is 16.3. The van der Waals surface area contributed by atoms with Gasteiger partial charge in [0.1, 0.15) is 18.1 Å². The van der Waals surface area contributed by atoms with Crippen LogP contribution in [0, 0.1) is 12.8 Å². The highest BCUT2D eigenvalue weighted by molar-refractivity contribution is 5.71. The lowest BCUT2D eigenvalue weighted by atomic mass is 9.74. The average Bonchev–Trinajstić information content (AvgIpc) is 3.37. The summed E-state index contributed by atoms with van der Waals surface area (Å²) >= 11 is 0. The molecule has 1 aliphatic rings. The Balaban J connectivity index is 1.66. The van der Waals surface area contributed by atoms with Gasteiger partial charge in [0, 0.05) is 23.4 Å². The highest BCUT2D eigenvalue weighted by Gasteiger charge is 2.47. The Bertz CT molecular complexity index is 1320. The van der Waals surface area contributed by atoms with E-state index < -0.39 is 6.04 Å². The van der Waals surface area contributed by atoms with Crippen LogP contribution in [0.4, 0.5) is 5.69 Å². The molecule has 178 valence electrons. The summed E-state index contributed by atoms with van der Waals surface area (Å²) in [5.74, 6) is -0.443. The van der Waals surface area contributed by atoms with Crippen molar-refractivity contribution in [2.24, 2.45) is 5.92 Å². The fourth-order valence-electron chi connectivity index (χ4n) is 5.28. The molecule has 0 bridgehead atoms. The SMILES string of the molecule is Cc1nn(-c2ccccc2)c(O)c1C(c1ccccc1)C1C(C)NN(c2ccccc2O)C1C=O. The molecule has 0 radical (unpaired) electrons. The minimum Gasteiger partial charge on any atom is -0.506 e. The van der Waals surface area contributed by atoms with E-state index in [4.69, 9.17) is 0 Å². The first-order chi connectivity index (χ1) is 17.0. The van der Waals surface area contributed by atoms with Crippen molar-refractivity contribution in [3.8, 4) is 17.3 Å². The van der Waals surface area contributed by atoms with Crippen LogP contribution in [0.1, 0.15) is 29.7 Å². The monoisotopic (exact) mass is 468 g/mol. The quantitative estimate of drug-likeness (QED) is 0.365. The van der Waals surface area contributed by atoms with Crippen molar-refractivity contribution < 1.29 is 15.0 Å². The van der Waals surface area contributed by atoms with Gasteiger partial charge < -0.3 is 15.0 Å². The number of benzene rings is 3. The molecule has 4 atom stereocenters. The number of aldehydes is 1. The van der Waals surface area contributed by atoms with Crippen molar-refractivity contribution in [2.75, 3.05) is 5.01 Å². The van der Waals surface area contributed by atoms with Crippen LogP contribution in [0.2, 0.25) is 0 Å². The number of aromatic hydroxyl groups is 2. The first kappa shape index (κ1) is 22.7. The number of rotatable bonds is 6. The number of anilines is 1. The summed E-state index contributed by atoms with van der Waals surface area (Å²) in [6.45, 7) is 3.90. The van der Waals surface area contributed by atoms with Gasteiger partial charge in [-0.3, -0.25) is 5.01 Å². The second-order valence-electron chi connectivity index (χ2n) is 8.94. The zero-order chi connectivity index (χ0) is 24.5. The van der Waals surface area contributed by atoms with E-state index in [1.165, 1.54) is 0 Å². The van der Waals surface area contributed by atoms with Crippen LogP contribution in [-0.4, -0.2) is 38.4 Å². The van der Waals surface area contributed by atoms with Crippen molar-refractivity contribution in [3.63, 3.8) is 0 Å². The molecule has 1 aromatic heterocycles. The number of aryl methyl sites for hydroxylation is 1. The Kier molecular flexibility index (Phi) is 6.01. The minimum atomic E-state index is -0.595. The fraction of sp³-hybridized carbons (Fsp3) is 0.214.